The zero-order valence-corrected chi connectivity index (χ0v) is 24.4. The topological polar surface area (TPSA) is 206 Å². The molecule has 0 unspecified atom stereocenters. The summed E-state index contributed by atoms with van der Waals surface area (Å²) in [5.74, 6) is -2.36. The standard InChI is InChI=1S/C29H39N6O8/c1-19(2)26(34-23(37)8-4-3-5-16-35-24(38)13-14-25(35)39)28(41)33-22(7-6-15-31-29(30)42)27(40)32-21-11-9-20(10-12-21)17-43-18-36/h9-14,19,22,26H,3-8,15-17H2,1-2H3,(H,32,40)(H,33,41)(H,34,37)(H3,30,31,42)/t22-,26-/m0/s1. The number of amides is 7. The van der Waals surface area contributed by atoms with Crippen molar-refractivity contribution in [3.63, 3.8) is 0 Å². The Balaban J connectivity index is 1.93. The van der Waals surface area contributed by atoms with E-state index < -0.39 is 29.9 Å². The number of carbonyl (C=O) groups excluding carboxylic acids is 7. The number of nitrogens with one attached hydrogen (secondary N) is 4. The van der Waals surface area contributed by atoms with Crippen molar-refractivity contribution < 1.29 is 38.3 Å². The van der Waals surface area contributed by atoms with Gasteiger partial charge in [-0.05, 0) is 49.3 Å². The molecule has 14 nitrogen and oxygen atoms in total. The molecule has 1 aliphatic heterocycles. The van der Waals surface area contributed by atoms with Gasteiger partial charge in [-0.1, -0.05) is 32.4 Å². The third-order valence-electron chi connectivity index (χ3n) is 6.57. The number of imide groups is 1. The van der Waals surface area contributed by atoms with E-state index in [0.29, 0.717) is 36.9 Å². The lowest BCUT2D eigenvalue weighted by Gasteiger charge is -2.25. The van der Waals surface area contributed by atoms with Gasteiger partial charge in [-0.25, -0.2) is 9.59 Å². The van der Waals surface area contributed by atoms with Crippen molar-refractivity contribution >= 4 is 47.7 Å². The van der Waals surface area contributed by atoms with Crippen molar-refractivity contribution in [1.82, 2.24) is 20.9 Å². The fraction of sp³-hybridized carbons (Fsp3) is 0.483. The van der Waals surface area contributed by atoms with Gasteiger partial charge in [0.15, 0.2) is 0 Å². The highest BCUT2D eigenvalue weighted by Gasteiger charge is 2.29. The van der Waals surface area contributed by atoms with E-state index in [-0.39, 0.29) is 56.2 Å². The van der Waals surface area contributed by atoms with Crippen LogP contribution < -0.4 is 27.0 Å². The Kier molecular flexibility index (Phi) is 14.4. The zero-order chi connectivity index (χ0) is 31.8. The minimum absolute atomic E-state index is 0.0317. The van der Waals surface area contributed by atoms with Gasteiger partial charge in [0.25, 0.3) is 11.8 Å². The van der Waals surface area contributed by atoms with Gasteiger partial charge in [0.2, 0.25) is 17.7 Å². The van der Waals surface area contributed by atoms with Gasteiger partial charge >= 0.3 is 12.5 Å². The molecule has 0 bridgehead atoms. The van der Waals surface area contributed by atoms with Gasteiger partial charge in [-0.3, -0.25) is 28.9 Å². The molecule has 14 heteroatoms. The Morgan fingerprint density at radius 3 is 2.21 bits per heavy atom. The van der Waals surface area contributed by atoms with Gasteiger partial charge < -0.3 is 31.7 Å². The molecular formula is C29H39N6O8. The molecule has 233 valence electrons. The summed E-state index contributed by atoms with van der Waals surface area (Å²) in [5.41, 5.74) is 6.24. The third-order valence-corrected chi connectivity index (χ3v) is 6.57. The van der Waals surface area contributed by atoms with Crippen molar-refractivity contribution in [1.29, 1.82) is 0 Å². The minimum Gasteiger partial charge on any atom is -0.452 e. The van der Waals surface area contributed by atoms with Crippen molar-refractivity contribution in [2.75, 3.05) is 18.4 Å². The summed E-state index contributed by atoms with van der Waals surface area (Å²) in [6, 6.07) is 3.94. The molecule has 0 fully saturated rings. The predicted octanol–water partition coefficient (Wildman–Crippen LogP) is 0.768. The first-order chi connectivity index (χ1) is 20.5. The zero-order valence-electron chi connectivity index (χ0n) is 24.4. The van der Waals surface area contributed by atoms with E-state index in [1.54, 1.807) is 38.1 Å². The molecule has 6 N–H and O–H groups in total. The van der Waals surface area contributed by atoms with E-state index in [1.165, 1.54) is 18.6 Å². The molecule has 1 heterocycles. The van der Waals surface area contributed by atoms with Crippen molar-refractivity contribution in [2.24, 2.45) is 11.7 Å². The van der Waals surface area contributed by atoms with Crippen LogP contribution >= 0.6 is 0 Å². The smallest absolute Gasteiger partial charge is 0.417 e. The molecule has 1 radical (unpaired) electrons. The number of unbranched alkanes of at least 4 members (excludes halogenated alkanes) is 2. The quantitative estimate of drug-likeness (QED) is 0.113. The number of hydrogen-bond donors (Lipinski definition) is 5. The monoisotopic (exact) mass is 599 g/mol. The van der Waals surface area contributed by atoms with Crippen molar-refractivity contribution in [3.8, 4) is 0 Å². The van der Waals surface area contributed by atoms with Crippen LogP contribution in [0.5, 0.6) is 0 Å². The highest BCUT2D eigenvalue weighted by molar-refractivity contribution is 6.12. The van der Waals surface area contributed by atoms with Gasteiger partial charge in [-0.2, -0.15) is 0 Å². The lowest BCUT2D eigenvalue weighted by molar-refractivity contribution is -0.137. The summed E-state index contributed by atoms with van der Waals surface area (Å²) in [5, 5.41) is 10.6. The van der Waals surface area contributed by atoms with Gasteiger partial charge in [-0.15, -0.1) is 0 Å². The number of carbonyl (C=O) groups is 6. The van der Waals surface area contributed by atoms with Crippen LogP contribution in [-0.4, -0.2) is 72.1 Å². The maximum atomic E-state index is 13.2. The van der Waals surface area contributed by atoms with Gasteiger partial charge in [0, 0.05) is 37.3 Å². The van der Waals surface area contributed by atoms with Crippen LogP contribution in [0.1, 0.15) is 57.9 Å². The van der Waals surface area contributed by atoms with E-state index in [0.717, 1.165) is 4.90 Å². The molecule has 1 aliphatic rings. The molecule has 0 aromatic heterocycles. The summed E-state index contributed by atoms with van der Waals surface area (Å²) in [7, 11) is 0. The second-order valence-corrected chi connectivity index (χ2v) is 10.3. The molecule has 0 saturated carbocycles. The van der Waals surface area contributed by atoms with Crippen LogP contribution in [0.25, 0.3) is 0 Å². The number of hydrogen-bond acceptors (Lipinski definition) is 8. The summed E-state index contributed by atoms with van der Waals surface area (Å²) in [4.78, 5) is 84.7. The number of nitrogens with two attached hydrogens (primary N) is 1. The minimum atomic E-state index is -0.988. The normalized spacial score (nSPS) is 13.8. The highest BCUT2D eigenvalue weighted by atomic mass is 16.5. The highest BCUT2D eigenvalue weighted by Crippen LogP contribution is 2.13. The molecule has 2 atom stereocenters. The average molecular weight is 600 g/mol. The number of anilines is 1. The lowest BCUT2D eigenvalue weighted by atomic mass is 10.0. The van der Waals surface area contributed by atoms with Gasteiger partial charge in [0.05, 0.1) is 0 Å². The summed E-state index contributed by atoms with van der Waals surface area (Å²) < 4.78 is 4.59. The van der Waals surface area contributed by atoms with Crippen molar-refractivity contribution in [2.45, 2.75) is 71.1 Å². The van der Waals surface area contributed by atoms with Crippen LogP contribution in [-0.2, 0) is 40.1 Å². The Morgan fingerprint density at radius 2 is 1.60 bits per heavy atom. The second kappa shape index (κ2) is 17.9. The van der Waals surface area contributed by atoms with E-state index in [9.17, 15) is 33.6 Å². The molecule has 7 amide bonds. The van der Waals surface area contributed by atoms with E-state index >= 15 is 0 Å². The maximum absolute atomic E-state index is 13.2. The van der Waals surface area contributed by atoms with Crippen LogP contribution in [0.2, 0.25) is 0 Å². The molecule has 2 rings (SSSR count). The molecule has 0 saturated heterocycles. The second-order valence-electron chi connectivity index (χ2n) is 10.3. The summed E-state index contributed by atoms with van der Waals surface area (Å²) in [6.45, 7) is 5.37. The molecule has 0 aliphatic carbocycles. The Labute approximate surface area is 250 Å². The van der Waals surface area contributed by atoms with E-state index in [2.05, 4.69) is 26.0 Å². The predicted molar refractivity (Wildman–Crippen MR) is 155 cm³/mol. The fourth-order valence-corrected chi connectivity index (χ4v) is 4.24. The SMILES string of the molecule is CC(C)[C@H](NC(=O)CCCCCN1C(=O)C=CC1=O)C(=O)N[C@@H](CCCNC(N)=O)C(=O)Nc1ccc(CO[C]=O)cc1. The summed E-state index contributed by atoms with van der Waals surface area (Å²) >= 11 is 0. The summed E-state index contributed by atoms with van der Waals surface area (Å²) in [6.07, 6.45) is 4.76. The first-order valence-electron chi connectivity index (χ1n) is 14.1. The number of urea groups is 1. The number of rotatable bonds is 19. The maximum Gasteiger partial charge on any atom is 0.417 e. The fourth-order valence-electron chi connectivity index (χ4n) is 4.24. The lowest BCUT2D eigenvalue weighted by Crippen LogP contribution is -2.54. The van der Waals surface area contributed by atoms with Crippen LogP contribution in [0.4, 0.5) is 10.5 Å². The first-order valence-corrected chi connectivity index (χ1v) is 14.1. The number of primary amides is 1. The molecule has 0 spiro atoms. The van der Waals surface area contributed by atoms with Crippen LogP contribution in [0.3, 0.4) is 0 Å². The Morgan fingerprint density at radius 1 is 0.930 bits per heavy atom. The third kappa shape index (κ3) is 12.3. The Hall–Kier alpha value is -4.75. The van der Waals surface area contributed by atoms with E-state index in [4.69, 9.17) is 5.73 Å². The number of benzene rings is 1. The molecule has 1 aromatic rings. The van der Waals surface area contributed by atoms with Crippen molar-refractivity contribution in [3.05, 3.63) is 42.0 Å². The largest absolute Gasteiger partial charge is 0.452 e. The first kappa shape index (κ1) is 34.5. The Bertz CT molecular complexity index is 1170. The molecule has 1 aromatic carbocycles. The molecular weight excluding hydrogens is 560 g/mol. The van der Waals surface area contributed by atoms with E-state index in [1.807, 2.05) is 0 Å². The molecule has 43 heavy (non-hydrogen) atoms. The van der Waals surface area contributed by atoms with Crippen LogP contribution in [0.15, 0.2) is 36.4 Å². The number of nitrogens with zero attached hydrogens (tertiary/aromatic N) is 1. The number of ether oxygens (including phenoxy) is 1. The van der Waals surface area contributed by atoms with Crippen LogP contribution in [0, 0.1) is 5.92 Å². The van der Waals surface area contributed by atoms with Gasteiger partial charge in [0.1, 0.15) is 18.7 Å². The average Bonchev–Trinajstić information content (AvgIpc) is 3.28.